The van der Waals surface area contributed by atoms with E-state index in [0.29, 0.717) is 27.8 Å². The second-order valence-electron chi connectivity index (χ2n) is 9.52. The van der Waals surface area contributed by atoms with Crippen LogP contribution in [0.25, 0.3) is 0 Å². The molecule has 0 radical (unpaired) electrons. The molecule has 0 heterocycles. The Morgan fingerprint density at radius 1 is 0.946 bits per heavy atom. The smallest absolute Gasteiger partial charge is 0.261 e. The number of aryl methyl sites for hydroxylation is 1. The molecule has 1 atom stereocenters. The Kier molecular flexibility index (Phi) is 9.48. The van der Waals surface area contributed by atoms with Crippen LogP contribution in [0.1, 0.15) is 42.4 Å². The Labute approximate surface area is 228 Å². The van der Waals surface area contributed by atoms with Crippen molar-refractivity contribution in [2.24, 2.45) is 0 Å². The first kappa shape index (κ1) is 27.0. The maximum absolute atomic E-state index is 13.7. The maximum Gasteiger partial charge on any atom is 0.261 e. The predicted molar refractivity (Wildman–Crippen MR) is 148 cm³/mol. The molecule has 3 aromatic rings. The highest BCUT2D eigenvalue weighted by Crippen LogP contribution is 2.28. The van der Waals surface area contributed by atoms with Gasteiger partial charge in [-0.05, 0) is 49.6 Å². The molecular weight excluding hydrogens is 507 g/mol. The standard InChI is InChI=1S/C30H32Cl2N2O3/c1-21-14-16-24(17-15-21)37-20-29(35)34(19-25-26(31)12-7-13-27(25)32)28(18-22-8-3-2-4-9-22)30(36)33-23-10-5-6-11-23/h2-4,7-9,12-17,23,28H,5-6,10-11,18-20H2,1H3,(H,33,36)/t28-/m0/s1. The number of carbonyl (C=O) groups excluding carboxylic acids is 2. The van der Waals surface area contributed by atoms with Gasteiger partial charge < -0.3 is 15.0 Å². The second kappa shape index (κ2) is 13.0. The number of hydrogen-bond acceptors (Lipinski definition) is 3. The molecule has 5 nitrogen and oxygen atoms in total. The average molecular weight is 540 g/mol. The van der Waals surface area contributed by atoms with Gasteiger partial charge in [0, 0.05) is 34.6 Å². The Balaban J connectivity index is 1.64. The van der Waals surface area contributed by atoms with Crippen LogP contribution < -0.4 is 10.1 Å². The Hall–Kier alpha value is -3.02. The molecule has 0 bridgehead atoms. The minimum Gasteiger partial charge on any atom is -0.484 e. The molecule has 37 heavy (non-hydrogen) atoms. The van der Waals surface area contributed by atoms with E-state index in [0.717, 1.165) is 36.8 Å². The summed E-state index contributed by atoms with van der Waals surface area (Å²) in [6, 6.07) is 21.8. The fourth-order valence-electron chi connectivity index (χ4n) is 4.64. The van der Waals surface area contributed by atoms with Gasteiger partial charge in [-0.1, -0.05) is 90.1 Å². The van der Waals surface area contributed by atoms with E-state index in [9.17, 15) is 9.59 Å². The molecule has 0 aromatic heterocycles. The van der Waals surface area contributed by atoms with Crippen molar-refractivity contribution >= 4 is 35.0 Å². The number of benzene rings is 3. The first-order valence-electron chi connectivity index (χ1n) is 12.7. The Bertz CT molecular complexity index is 1170. The first-order chi connectivity index (χ1) is 17.9. The fraction of sp³-hybridized carbons (Fsp3) is 0.333. The fourth-order valence-corrected chi connectivity index (χ4v) is 5.15. The van der Waals surface area contributed by atoms with Gasteiger partial charge in [-0.25, -0.2) is 0 Å². The summed E-state index contributed by atoms with van der Waals surface area (Å²) in [5, 5.41) is 4.08. The zero-order valence-corrected chi connectivity index (χ0v) is 22.5. The summed E-state index contributed by atoms with van der Waals surface area (Å²) in [5.41, 5.74) is 2.65. The molecule has 1 saturated carbocycles. The molecule has 0 aliphatic heterocycles. The average Bonchev–Trinajstić information content (AvgIpc) is 3.40. The van der Waals surface area contributed by atoms with Crippen molar-refractivity contribution in [2.45, 2.75) is 57.7 Å². The molecule has 2 amide bonds. The summed E-state index contributed by atoms with van der Waals surface area (Å²) in [5.74, 6) is 0.0892. The molecule has 0 saturated heterocycles. The first-order valence-corrected chi connectivity index (χ1v) is 13.4. The minimum atomic E-state index is -0.760. The Morgan fingerprint density at radius 3 is 2.24 bits per heavy atom. The van der Waals surface area contributed by atoms with E-state index < -0.39 is 6.04 Å². The number of hydrogen-bond donors (Lipinski definition) is 1. The maximum atomic E-state index is 13.7. The van der Waals surface area contributed by atoms with Crippen molar-refractivity contribution in [1.29, 1.82) is 0 Å². The lowest BCUT2D eigenvalue weighted by atomic mass is 10.0. The van der Waals surface area contributed by atoms with Crippen LogP contribution in [-0.4, -0.2) is 35.4 Å². The molecule has 4 rings (SSSR count). The molecule has 1 aliphatic carbocycles. The van der Waals surface area contributed by atoms with Crippen LogP contribution in [0.15, 0.2) is 72.8 Å². The number of rotatable bonds is 10. The largest absolute Gasteiger partial charge is 0.484 e. The number of ether oxygens (including phenoxy) is 1. The molecule has 7 heteroatoms. The second-order valence-corrected chi connectivity index (χ2v) is 10.3. The highest BCUT2D eigenvalue weighted by Gasteiger charge is 2.33. The van der Waals surface area contributed by atoms with Crippen LogP contribution in [0.5, 0.6) is 5.75 Å². The lowest BCUT2D eigenvalue weighted by molar-refractivity contribution is -0.143. The van der Waals surface area contributed by atoms with E-state index in [1.807, 2.05) is 61.5 Å². The van der Waals surface area contributed by atoms with E-state index in [1.165, 1.54) is 0 Å². The SMILES string of the molecule is Cc1ccc(OCC(=O)N(Cc2c(Cl)cccc2Cl)[C@@H](Cc2ccccc2)C(=O)NC2CCCC2)cc1. The molecular formula is C30H32Cl2N2O3. The van der Waals surface area contributed by atoms with Gasteiger partial charge in [0.05, 0.1) is 0 Å². The van der Waals surface area contributed by atoms with Gasteiger partial charge in [0.25, 0.3) is 5.91 Å². The van der Waals surface area contributed by atoms with Crippen LogP contribution in [-0.2, 0) is 22.6 Å². The number of nitrogens with one attached hydrogen (secondary N) is 1. The predicted octanol–water partition coefficient (Wildman–Crippen LogP) is 6.38. The summed E-state index contributed by atoms with van der Waals surface area (Å²) < 4.78 is 5.83. The highest BCUT2D eigenvalue weighted by atomic mass is 35.5. The Morgan fingerprint density at radius 2 is 1.59 bits per heavy atom. The third kappa shape index (κ3) is 7.50. The van der Waals surface area contributed by atoms with Crippen LogP contribution in [0, 0.1) is 6.92 Å². The van der Waals surface area contributed by atoms with Crippen LogP contribution in [0.4, 0.5) is 0 Å². The zero-order valence-electron chi connectivity index (χ0n) is 21.0. The van der Waals surface area contributed by atoms with Crippen molar-refractivity contribution in [3.8, 4) is 5.75 Å². The quantitative estimate of drug-likeness (QED) is 0.325. The van der Waals surface area contributed by atoms with E-state index in [2.05, 4.69) is 5.32 Å². The molecule has 0 unspecified atom stereocenters. The van der Waals surface area contributed by atoms with Gasteiger partial charge in [-0.2, -0.15) is 0 Å². The lowest BCUT2D eigenvalue weighted by Crippen LogP contribution is -2.53. The molecule has 1 aliphatic rings. The minimum absolute atomic E-state index is 0.0875. The topological polar surface area (TPSA) is 58.6 Å². The van der Waals surface area contributed by atoms with Gasteiger partial charge in [-0.3, -0.25) is 9.59 Å². The van der Waals surface area contributed by atoms with Gasteiger partial charge in [0.15, 0.2) is 6.61 Å². The highest BCUT2D eigenvalue weighted by molar-refractivity contribution is 6.36. The summed E-state index contributed by atoms with van der Waals surface area (Å²) >= 11 is 13.0. The molecule has 1 N–H and O–H groups in total. The van der Waals surface area contributed by atoms with E-state index >= 15 is 0 Å². The lowest BCUT2D eigenvalue weighted by Gasteiger charge is -2.32. The number of nitrogens with zero attached hydrogens (tertiary/aromatic N) is 1. The van der Waals surface area contributed by atoms with Crippen LogP contribution in [0.3, 0.4) is 0 Å². The van der Waals surface area contributed by atoms with Gasteiger partial charge in [0.1, 0.15) is 11.8 Å². The monoisotopic (exact) mass is 538 g/mol. The third-order valence-corrected chi connectivity index (χ3v) is 7.45. The summed E-state index contributed by atoms with van der Waals surface area (Å²) in [7, 11) is 0. The van der Waals surface area contributed by atoms with Crippen LogP contribution in [0.2, 0.25) is 10.0 Å². The van der Waals surface area contributed by atoms with Gasteiger partial charge in [0.2, 0.25) is 5.91 Å². The van der Waals surface area contributed by atoms with Crippen LogP contribution >= 0.6 is 23.2 Å². The van der Waals surface area contributed by atoms with Gasteiger partial charge >= 0.3 is 0 Å². The van der Waals surface area contributed by atoms with E-state index in [-0.39, 0.29) is 31.0 Å². The number of amides is 2. The normalized spacial score (nSPS) is 14.2. The van der Waals surface area contributed by atoms with Crippen molar-refractivity contribution in [3.63, 3.8) is 0 Å². The van der Waals surface area contributed by atoms with E-state index in [1.54, 1.807) is 23.1 Å². The van der Waals surface area contributed by atoms with Crippen molar-refractivity contribution in [3.05, 3.63) is 99.5 Å². The summed E-state index contributed by atoms with van der Waals surface area (Å²) in [6.45, 7) is 1.86. The molecule has 194 valence electrons. The van der Waals surface area contributed by atoms with Crippen molar-refractivity contribution in [1.82, 2.24) is 10.2 Å². The molecule has 1 fully saturated rings. The van der Waals surface area contributed by atoms with E-state index in [4.69, 9.17) is 27.9 Å². The zero-order chi connectivity index (χ0) is 26.2. The molecule has 0 spiro atoms. The third-order valence-electron chi connectivity index (χ3n) is 6.75. The van der Waals surface area contributed by atoms with Crippen molar-refractivity contribution < 1.29 is 14.3 Å². The summed E-state index contributed by atoms with van der Waals surface area (Å²) in [6.07, 6.45) is 4.44. The number of carbonyl (C=O) groups is 2. The van der Waals surface area contributed by atoms with Crippen molar-refractivity contribution in [2.75, 3.05) is 6.61 Å². The van der Waals surface area contributed by atoms with Gasteiger partial charge in [-0.15, -0.1) is 0 Å². The number of halogens is 2. The summed E-state index contributed by atoms with van der Waals surface area (Å²) in [4.78, 5) is 29.0. The molecule has 3 aromatic carbocycles.